The molecule has 1 N–H and O–H groups in total. The van der Waals surface area contributed by atoms with Crippen molar-refractivity contribution in [3.8, 4) is 11.3 Å². The molecule has 28 heavy (non-hydrogen) atoms. The molecule has 0 aliphatic rings. The lowest BCUT2D eigenvalue weighted by Gasteiger charge is -2.12. The van der Waals surface area contributed by atoms with Gasteiger partial charge >= 0.3 is 0 Å². The van der Waals surface area contributed by atoms with Crippen LogP contribution < -0.4 is 5.32 Å². The van der Waals surface area contributed by atoms with Gasteiger partial charge in [-0.3, -0.25) is 4.79 Å². The number of nitrogens with zero attached hydrogens (tertiary/aromatic N) is 2. The van der Waals surface area contributed by atoms with E-state index in [9.17, 15) is 4.79 Å². The fourth-order valence-electron chi connectivity index (χ4n) is 3.15. The minimum absolute atomic E-state index is 0.0407. The van der Waals surface area contributed by atoms with Crippen LogP contribution in [0.2, 0.25) is 0 Å². The van der Waals surface area contributed by atoms with Gasteiger partial charge in [-0.1, -0.05) is 60.6 Å². The molecule has 2 aromatic carbocycles. The molecule has 0 unspecified atom stereocenters. The predicted molar refractivity (Wildman–Crippen MR) is 117 cm³/mol. The molecule has 0 atom stereocenters. The van der Waals surface area contributed by atoms with Gasteiger partial charge in [-0.2, -0.15) is 0 Å². The first kappa shape index (κ1) is 20.1. The van der Waals surface area contributed by atoms with Gasteiger partial charge in [0, 0.05) is 11.3 Å². The van der Waals surface area contributed by atoms with Crippen molar-refractivity contribution in [1.29, 1.82) is 0 Å². The first-order valence-electron chi connectivity index (χ1n) is 9.40. The zero-order valence-corrected chi connectivity index (χ0v) is 17.6. The van der Waals surface area contributed by atoms with E-state index in [4.69, 9.17) is 0 Å². The molecule has 0 bridgehead atoms. The van der Waals surface area contributed by atoms with Gasteiger partial charge in [0.2, 0.25) is 5.91 Å². The number of anilines is 1. The summed E-state index contributed by atoms with van der Waals surface area (Å²) in [4.78, 5) is 12.3. The highest BCUT2D eigenvalue weighted by Gasteiger charge is 2.10. The molecule has 0 radical (unpaired) electrons. The average molecular weight is 392 g/mol. The summed E-state index contributed by atoms with van der Waals surface area (Å²) < 4.78 is 0. The number of hydrogen-bond acceptors (Lipinski definition) is 4. The maximum Gasteiger partial charge on any atom is 0.234 e. The van der Waals surface area contributed by atoms with Crippen molar-refractivity contribution >= 4 is 23.4 Å². The number of thioether (sulfide) groups is 1. The van der Waals surface area contributed by atoms with Crippen molar-refractivity contribution in [2.24, 2.45) is 0 Å². The minimum atomic E-state index is -0.0407. The molecule has 0 saturated carbocycles. The van der Waals surface area contributed by atoms with E-state index in [1.807, 2.05) is 26.0 Å². The Morgan fingerprint density at radius 1 is 0.964 bits per heavy atom. The zero-order chi connectivity index (χ0) is 20.1. The van der Waals surface area contributed by atoms with E-state index in [1.54, 1.807) is 0 Å². The number of hydrogen-bond donors (Lipinski definition) is 1. The summed E-state index contributed by atoms with van der Waals surface area (Å²) in [5.74, 6) is 0.257. The quantitative estimate of drug-likeness (QED) is 0.575. The molecule has 0 spiro atoms. The predicted octanol–water partition coefficient (Wildman–Crippen LogP) is 5.36. The van der Waals surface area contributed by atoms with Crippen LogP contribution in [0.3, 0.4) is 0 Å². The van der Waals surface area contributed by atoms with Gasteiger partial charge in [0.25, 0.3) is 0 Å². The van der Waals surface area contributed by atoms with Crippen molar-refractivity contribution in [1.82, 2.24) is 10.2 Å². The molecule has 4 nitrogen and oxygen atoms in total. The van der Waals surface area contributed by atoms with Crippen LogP contribution in [0.1, 0.15) is 29.2 Å². The van der Waals surface area contributed by atoms with E-state index in [2.05, 4.69) is 65.8 Å². The van der Waals surface area contributed by atoms with Crippen molar-refractivity contribution < 1.29 is 4.79 Å². The Morgan fingerprint density at radius 3 is 2.21 bits per heavy atom. The van der Waals surface area contributed by atoms with Gasteiger partial charge < -0.3 is 5.32 Å². The summed E-state index contributed by atoms with van der Waals surface area (Å²) in [6, 6.07) is 16.4. The van der Waals surface area contributed by atoms with Crippen LogP contribution in [0.15, 0.2) is 53.6 Å². The lowest BCUT2D eigenvalue weighted by molar-refractivity contribution is -0.113. The Hall–Kier alpha value is -2.66. The van der Waals surface area contributed by atoms with Gasteiger partial charge in [0.1, 0.15) is 5.03 Å². The molecule has 0 fully saturated rings. The second-order valence-corrected chi connectivity index (χ2v) is 7.91. The van der Waals surface area contributed by atoms with E-state index in [0.29, 0.717) is 5.75 Å². The number of aryl methyl sites for hydroxylation is 4. The Kier molecular flexibility index (Phi) is 6.47. The summed E-state index contributed by atoms with van der Waals surface area (Å²) in [6.45, 7) is 8.22. The smallest absolute Gasteiger partial charge is 0.234 e. The molecule has 3 rings (SSSR count). The maximum atomic E-state index is 12.3. The second kappa shape index (κ2) is 9.02. The topological polar surface area (TPSA) is 54.9 Å². The number of aromatic nitrogens is 2. The molecular weight excluding hydrogens is 366 g/mol. The third-order valence-electron chi connectivity index (χ3n) is 4.59. The van der Waals surface area contributed by atoms with Crippen LogP contribution in [0.25, 0.3) is 11.3 Å². The lowest BCUT2D eigenvalue weighted by Crippen LogP contribution is -2.16. The zero-order valence-electron chi connectivity index (χ0n) is 16.7. The molecule has 0 aliphatic carbocycles. The van der Waals surface area contributed by atoms with E-state index < -0.39 is 0 Å². The van der Waals surface area contributed by atoms with Crippen LogP contribution >= 0.6 is 11.8 Å². The fourth-order valence-corrected chi connectivity index (χ4v) is 3.77. The second-order valence-electron chi connectivity index (χ2n) is 6.92. The molecule has 1 aromatic heterocycles. The standard InChI is InChI=1S/C23H25N3OS/c1-5-18-6-8-19(9-7-18)20-10-11-22(26-25-20)28-14-21(27)24-23-16(3)12-15(2)13-17(23)4/h6-13H,5,14H2,1-4H3,(H,24,27). The van der Waals surface area contributed by atoms with Crippen molar-refractivity contribution in [2.45, 2.75) is 39.1 Å². The van der Waals surface area contributed by atoms with Crippen molar-refractivity contribution in [3.63, 3.8) is 0 Å². The number of carbonyl (C=O) groups is 1. The molecule has 3 aromatic rings. The lowest BCUT2D eigenvalue weighted by atomic mass is 10.1. The Bertz CT molecular complexity index is 943. The van der Waals surface area contributed by atoms with Crippen molar-refractivity contribution in [3.05, 3.63) is 70.8 Å². The summed E-state index contributed by atoms with van der Waals surface area (Å²) in [6.07, 6.45) is 1.02. The van der Waals surface area contributed by atoms with E-state index in [0.717, 1.165) is 39.5 Å². The largest absolute Gasteiger partial charge is 0.325 e. The van der Waals surface area contributed by atoms with Gasteiger partial charge in [0.15, 0.2) is 0 Å². The molecule has 1 heterocycles. The molecule has 144 valence electrons. The van der Waals surface area contributed by atoms with Gasteiger partial charge in [0.05, 0.1) is 11.4 Å². The monoisotopic (exact) mass is 391 g/mol. The summed E-state index contributed by atoms with van der Waals surface area (Å²) in [7, 11) is 0. The highest BCUT2D eigenvalue weighted by Crippen LogP contribution is 2.23. The van der Waals surface area contributed by atoms with E-state index >= 15 is 0 Å². The minimum Gasteiger partial charge on any atom is -0.325 e. The number of carbonyl (C=O) groups excluding carboxylic acids is 1. The summed E-state index contributed by atoms with van der Waals surface area (Å²) >= 11 is 1.39. The summed E-state index contributed by atoms with van der Waals surface area (Å²) in [5.41, 5.74) is 7.43. The molecule has 5 heteroatoms. The normalized spacial score (nSPS) is 10.7. The SMILES string of the molecule is CCc1ccc(-c2ccc(SCC(=O)Nc3c(C)cc(C)cc3C)nn2)cc1. The summed E-state index contributed by atoms with van der Waals surface area (Å²) in [5, 5.41) is 12.3. The Labute approximate surface area is 170 Å². The van der Waals surface area contributed by atoms with Crippen LogP contribution in [-0.4, -0.2) is 21.9 Å². The molecule has 0 aliphatic heterocycles. The van der Waals surface area contributed by atoms with Gasteiger partial charge in [-0.25, -0.2) is 0 Å². The number of amides is 1. The number of benzene rings is 2. The highest BCUT2D eigenvalue weighted by molar-refractivity contribution is 7.99. The van der Waals surface area contributed by atoms with Crippen LogP contribution in [0.4, 0.5) is 5.69 Å². The molecule has 1 amide bonds. The number of rotatable bonds is 6. The van der Waals surface area contributed by atoms with Gasteiger partial charge in [-0.15, -0.1) is 10.2 Å². The van der Waals surface area contributed by atoms with Gasteiger partial charge in [-0.05, 0) is 56.0 Å². The highest BCUT2D eigenvalue weighted by atomic mass is 32.2. The Balaban J connectivity index is 1.59. The molecular formula is C23H25N3OS. The van der Waals surface area contributed by atoms with E-state index in [1.165, 1.54) is 22.9 Å². The average Bonchev–Trinajstić information content (AvgIpc) is 2.69. The third-order valence-corrected chi connectivity index (χ3v) is 5.51. The number of nitrogens with one attached hydrogen (secondary N) is 1. The maximum absolute atomic E-state index is 12.3. The first-order valence-corrected chi connectivity index (χ1v) is 10.4. The first-order chi connectivity index (χ1) is 13.5. The fraction of sp³-hybridized carbons (Fsp3) is 0.261. The Morgan fingerprint density at radius 2 is 1.64 bits per heavy atom. The van der Waals surface area contributed by atoms with Crippen molar-refractivity contribution in [2.75, 3.05) is 11.1 Å². The third kappa shape index (κ3) is 4.98. The van der Waals surface area contributed by atoms with Crippen LogP contribution in [-0.2, 0) is 11.2 Å². The van der Waals surface area contributed by atoms with E-state index in [-0.39, 0.29) is 5.91 Å². The van der Waals surface area contributed by atoms with Crippen LogP contribution in [0, 0.1) is 20.8 Å². The van der Waals surface area contributed by atoms with Crippen LogP contribution in [0.5, 0.6) is 0 Å². The molecule has 0 saturated heterocycles.